The van der Waals surface area contributed by atoms with Gasteiger partial charge in [-0.05, 0) is 19.9 Å². The predicted molar refractivity (Wildman–Crippen MR) is 90.2 cm³/mol. The monoisotopic (exact) mass is 333 g/mol. The number of halogens is 1. The highest BCUT2D eigenvalue weighted by molar-refractivity contribution is 6.31. The second kappa shape index (κ2) is 7.15. The van der Waals surface area contributed by atoms with E-state index in [1.54, 1.807) is 12.4 Å². The number of rotatable bonds is 4. The van der Waals surface area contributed by atoms with E-state index < -0.39 is 0 Å². The molecule has 0 aliphatic carbocycles. The van der Waals surface area contributed by atoms with E-state index in [2.05, 4.69) is 14.9 Å². The molecule has 1 fully saturated rings. The summed E-state index contributed by atoms with van der Waals surface area (Å²) < 4.78 is 11.7. The maximum atomic E-state index is 6.30. The molecule has 1 aromatic heterocycles. The van der Waals surface area contributed by atoms with Crippen molar-refractivity contribution in [2.45, 2.75) is 26.1 Å². The molecule has 5 nitrogen and oxygen atoms in total. The van der Waals surface area contributed by atoms with Crippen molar-refractivity contribution in [3.8, 4) is 5.88 Å². The molecule has 122 valence electrons. The summed E-state index contributed by atoms with van der Waals surface area (Å²) in [6, 6.07) is 7.77. The van der Waals surface area contributed by atoms with E-state index in [-0.39, 0.29) is 12.2 Å². The van der Waals surface area contributed by atoms with Crippen LogP contribution in [0.3, 0.4) is 0 Å². The van der Waals surface area contributed by atoms with E-state index in [0.717, 1.165) is 22.9 Å². The molecule has 1 unspecified atom stereocenters. The van der Waals surface area contributed by atoms with Crippen LogP contribution in [-0.2, 0) is 4.74 Å². The summed E-state index contributed by atoms with van der Waals surface area (Å²) in [5.41, 5.74) is 0.995. The molecular weight excluding hydrogens is 314 g/mol. The summed E-state index contributed by atoms with van der Waals surface area (Å²) in [5, 5.41) is 0.720. The normalized spacial score (nSPS) is 18.3. The molecule has 0 saturated carbocycles. The Hall–Kier alpha value is -1.85. The quantitative estimate of drug-likeness (QED) is 0.857. The molecule has 6 heteroatoms. The van der Waals surface area contributed by atoms with Gasteiger partial charge in [0.05, 0.1) is 19.3 Å². The number of nitrogens with zero attached hydrogens (tertiary/aromatic N) is 3. The molecule has 0 N–H and O–H groups in total. The summed E-state index contributed by atoms with van der Waals surface area (Å²) >= 11 is 6.30. The number of benzene rings is 1. The van der Waals surface area contributed by atoms with Gasteiger partial charge in [-0.25, -0.2) is 9.97 Å². The third-order valence-electron chi connectivity index (χ3n) is 3.61. The van der Waals surface area contributed by atoms with Crippen LogP contribution < -0.4 is 9.64 Å². The fraction of sp³-hybridized carbons (Fsp3) is 0.412. The lowest BCUT2D eigenvalue weighted by atomic mass is 10.1. The molecule has 1 atom stereocenters. The van der Waals surface area contributed by atoms with Gasteiger partial charge in [0.1, 0.15) is 6.10 Å². The molecule has 2 heterocycles. The Labute approximate surface area is 141 Å². The van der Waals surface area contributed by atoms with Gasteiger partial charge in [-0.3, -0.25) is 0 Å². The van der Waals surface area contributed by atoms with Gasteiger partial charge >= 0.3 is 0 Å². The topological polar surface area (TPSA) is 47.5 Å². The minimum Gasteiger partial charge on any atom is -0.472 e. The molecule has 0 bridgehead atoms. The largest absolute Gasteiger partial charge is 0.472 e. The van der Waals surface area contributed by atoms with Crippen molar-refractivity contribution in [1.29, 1.82) is 0 Å². The molecule has 1 aliphatic rings. The number of anilines is 1. The van der Waals surface area contributed by atoms with Crippen molar-refractivity contribution in [2.24, 2.45) is 0 Å². The smallest absolute Gasteiger partial charge is 0.257 e. The number of ether oxygens (including phenoxy) is 2. The van der Waals surface area contributed by atoms with E-state index in [1.807, 2.05) is 38.1 Å². The lowest BCUT2D eigenvalue weighted by Gasteiger charge is -2.34. The first-order valence-electron chi connectivity index (χ1n) is 7.74. The van der Waals surface area contributed by atoms with Crippen LogP contribution in [0.25, 0.3) is 0 Å². The zero-order chi connectivity index (χ0) is 16.2. The third kappa shape index (κ3) is 3.74. The van der Waals surface area contributed by atoms with Crippen molar-refractivity contribution in [2.75, 3.05) is 24.6 Å². The highest BCUT2D eigenvalue weighted by Crippen LogP contribution is 2.32. The molecular formula is C17H20ClN3O2. The van der Waals surface area contributed by atoms with Gasteiger partial charge in [-0.2, -0.15) is 0 Å². The Morgan fingerprint density at radius 1 is 1.26 bits per heavy atom. The maximum Gasteiger partial charge on any atom is 0.257 e. The molecule has 3 rings (SSSR count). The minimum absolute atomic E-state index is 0.0471. The zero-order valence-electron chi connectivity index (χ0n) is 13.3. The van der Waals surface area contributed by atoms with Crippen LogP contribution in [0.4, 0.5) is 5.82 Å². The van der Waals surface area contributed by atoms with Crippen molar-refractivity contribution >= 4 is 17.4 Å². The van der Waals surface area contributed by atoms with Gasteiger partial charge in [0, 0.05) is 29.5 Å². The fourth-order valence-electron chi connectivity index (χ4n) is 2.61. The van der Waals surface area contributed by atoms with Crippen molar-refractivity contribution in [3.63, 3.8) is 0 Å². The van der Waals surface area contributed by atoms with Crippen LogP contribution >= 0.6 is 11.6 Å². The summed E-state index contributed by atoms with van der Waals surface area (Å²) in [7, 11) is 0. The summed E-state index contributed by atoms with van der Waals surface area (Å²) in [4.78, 5) is 10.9. The number of aromatic nitrogens is 2. The van der Waals surface area contributed by atoms with E-state index in [0.29, 0.717) is 19.0 Å². The first-order chi connectivity index (χ1) is 11.1. The second-order valence-corrected chi connectivity index (χ2v) is 6.09. The second-order valence-electron chi connectivity index (χ2n) is 5.68. The van der Waals surface area contributed by atoms with Gasteiger partial charge < -0.3 is 14.4 Å². The summed E-state index contributed by atoms with van der Waals surface area (Å²) in [6.07, 6.45) is 3.28. The van der Waals surface area contributed by atoms with Crippen LogP contribution in [0.5, 0.6) is 5.88 Å². The average molecular weight is 334 g/mol. The van der Waals surface area contributed by atoms with Gasteiger partial charge in [-0.15, -0.1) is 0 Å². The van der Waals surface area contributed by atoms with Gasteiger partial charge in [0.2, 0.25) is 0 Å². The Morgan fingerprint density at radius 3 is 2.83 bits per heavy atom. The first-order valence-corrected chi connectivity index (χ1v) is 8.11. The molecule has 2 aromatic rings. The minimum atomic E-state index is -0.0913. The van der Waals surface area contributed by atoms with E-state index in [9.17, 15) is 0 Å². The summed E-state index contributed by atoms with van der Waals surface area (Å²) in [6.45, 7) is 5.97. The molecule has 0 amide bonds. The Kier molecular flexibility index (Phi) is 4.98. The molecule has 23 heavy (non-hydrogen) atoms. The van der Waals surface area contributed by atoms with Crippen LogP contribution in [0, 0.1) is 0 Å². The van der Waals surface area contributed by atoms with Gasteiger partial charge in [0.25, 0.3) is 5.88 Å². The number of morpholine rings is 1. The zero-order valence-corrected chi connectivity index (χ0v) is 14.0. The lowest BCUT2D eigenvalue weighted by Crippen LogP contribution is -2.39. The molecule has 0 spiro atoms. The van der Waals surface area contributed by atoms with E-state index >= 15 is 0 Å². The molecule has 1 aliphatic heterocycles. The van der Waals surface area contributed by atoms with Gasteiger partial charge in [0.15, 0.2) is 5.82 Å². The number of hydrogen-bond donors (Lipinski definition) is 0. The van der Waals surface area contributed by atoms with Crippen molar-refractivity contribution in [1.82, 2.24) is 9.97 Å². The Balaban J connectivity index is 1.83. The highest BCUT2D eigenvalue weighted by Gasteiger charge is 2.26. The molecule has 1 aromatic carbocycles. The van der Waals surface area contributed by atoms with Crippen LogP contribution in [0.1, 0.15) is 25.5 Å². The molecule has 0 radical (unpaired) electrons. The number of hydrogen-bond acceptors (Lipinski definition) is 5. The first kappa shape index (κ1) is 16.0. The van der Waals surface area contributed by atoms with Crippen molar-refractivity contribution in [3.05, 3.63) is 47.2 Å². The van der Waals surface area contributed by atoms with Crippen molar-refractivity contribution < 1.29 is 9.47 Å². The highest BCUT2D eigenvalue weighted by atomic mass is 35.5. The summed E-state index contributed by atoms with van der Waals surface area (Å²) in [5.74, 6) is 1.31. The van der Waals surface area contributed by atoms with E-state index in [1.165, 1.54) is 0 Å². The standard InChI is InChI=1S/C17H20ClN3O2/c1-12(2)23-17-16(19-7-8-20-17)21-9-10-22-15(11-21)13-5-3-4-6-14(13)18/h3-8,12,15H,9-11H2,1-2H3. The Morgan fingerprint density at radius 2 is 2.04 bits per heavy atom. The maximum absolute atomic E-state index is 6.30. The Bertz CT molecular complexity index is 666. The van der Waals surface area contributed by atoms with Crippen LogP contribution in [0.15, 0.2) is 36.7 Å². The lowest BCUT2D eigenvalue weighted by molar-refractivity contribution is 0.0392. The average Bonchev–Trinajstić information content (AvgIpc) is 2.55. The van der Waals surface area contributed by atoms with Crippen LogP contribution in [-0.4, -0.2) is 35.8 Å². The third-order valence-corrected chi connectivity index (χ3v) is 3.96. The van der Waals surface area contributed by atoms with E-state index in [4.69, 9.17) is 21.1 Å². The SMILES string of the molecule is CC(C)Oc1nccnc1N1CCOC(c2ccccc2Cl)C1. The predicted octanol–water partition coefficient (Wildman–Crippen LogP) is 3.50. The fourth-order valence-corrected chi connectivity index (χ4v) is 2.86. The van der Waals surface area contributed by atoms with Crippen LogP contribution in [0.2, 0.25) is 5.02 Å². The van der Waals surface area contributed by atoms with Gasteiger partial charge in [-0.1, -0.05) is 29.8 Å². The molecule has 1 saturated heterocycles.